The van der Waals surface area contributed by atoms with Crippen molar-refractivity contribution in [2.45, 2.75) is 13.5 Å². The van der Waals surface area contributed by atoms with Gasteiger partial charge >= 0.3 is 5.69 Å². The summed E-state index contributed by atoms with van der Waals surface area (Å²) in [7, 11) is 0. The number of halogens is 1. The lowest BCUT2D eigenvalue weighted by Crippen LogP contribution is -2.25. The smallest absolute Gasteiger partial charge is 0.347 e. The first-order valence-electron chi connectivity index (χ1n) is 5.68. The molecule has 0 aliphatic carbocycles. The highest BCUT2D eigenvalue weighted by atomic mass is 35.5. The molecule has 1 aromatic heterocycles. The number of rotatable bonds is 4. The van der Waals surface area contributed by atoms with Crippen LogP contribution in [0.25, 0.3) is 0 Å². The molecule has 1 N–H and O–H groups in total. The molecule has 0 saturated carbocycles. The molecule has 0 fully saturated rings. The van der Waals surface area contributed by atoms with Gasteiger partial charge in [-0.25, -0.2) is 9.78 Å². The van der Waals surface area contributed by atoms with E-state index < -0.39 is 0 Å². The lowest BCUT2D eigenvalue weighted by Gasteiger charge is -2.08. The summed E-state index contributed by atoms with van der Waals surface area (Å²) < 4.78 is 1.59. The molecule has 2 aromatic rings. The Morgan fingerprint density at radius 2 is 2.28 bits per heavy atom. The van der Waals surface area contributed by atoms with Gasteiger partial charge in [-0.2, -0.15) is 0 Å². The standard InChI is InChI=1S/C13H14ClN3O/c1-10-8-16-13(18)17(9-10)6-5-15-12-4-2-3-11(14)7-12/h2-4,7-9,15H,5-6H2,1H3. The molecule has 5 heteroatoms. The molecule has 2 rings (SSSR count). The van der Waals surface area contributed by atoms with Crippen LogP contribution in [0.1, 0.15) is 5.56 Å². The quantitative estimate of drug-likeness (QED) is 0.921. The van der Waals surface area contributed by atoms with E-state index in [0.717, 1.165) is 11.3 Å². The normalized spacial score (nSPS) is 10.3. The van der Waals surface area contributed by atoms with Gasteiger partial charge in [0.1, 0.15) is 0 Å². The van der Waals surface area contributed by atoms with Gasteiger partial charge in [-0.05, 0) is 30.7 Å². The Morgan fingerprint density at radius 1 is 1.44 bits per heavy atom. The fraction of sp³-hybridized carbons (Fsp3) is 0.231. The van der Waals surface area contributed by atoms with Gasteiger partial charge in [-0.1, -0.05) is 17.7 Å². The lowest BCUT2D eigenvalue weighted by atomic mass is 10.3. The molecule has 0 spiro atoms. The molecule has 18 heavy (non-hydrogen) atoms. The largest absolute Gasteiger partial charge is 0.383 e. The second-order valence-corrected chi connectivity index (χ2v) is 4.48. The van der Waals surface area contributed by atoms with Crippen LogP contribution in [0.4, 0.5) is 5.69 Å². The highest BCUT2D eigenvalue weighted by molar-refractivity contribution is 6.30. The molecule has 1 aromatic carbocycles. The van der Waals surface area contributed by atoms with Gasteiger partial charge in [-0.15, -0.1) is 0 Å². The Kier molecular flexibility index (Phi) is 3.99. The molecule has 0 unspecified atom stereocenters. The maximum Gasteiger partial charge on any atom is 0.347 e. The zero-order chi connectivity index (χ0) is 13.0. The topological polar surface area (TPSA) is 46.9 Å². The van der Waals surface area contributed by atoms with E-state index in [1.54, 1.807) is 17.0 Å². The SMILES string of the molecule is Cc1cnc(=O)n(CCNc2cccc(Cl)c2)c1. The maximum atomic E-state index is 11.5. The fourth-order valence-corrected chi connectivity index (χ4v) is 1.84. The van der Waals surface area contributed by atoms with Gasteiger partial charge in [0.25, 0.3) is 0 Å². The van der Waals surface area contributed by atoms with Crippen molar-refractivity contribution in [1.82, 2.24) is 9.55 Å². The van der Waals surface area contributed by atoms with Gasteiger partial charge in [0, 0.05) is 36.2 Å². The van der Waals surface area contributed by atoms with Gasteiger partial charge in [0.2, 0.25) is 0 Å². The highest BCUT2D eigenvalue weighted by Crippen LogP contribution is 2.14. The van der Waals surface area contributed by atoms with E-state index >= 15 is 0 Å². The summed E-state index contributed by atoms with van der Waals surface area (Å²) in [4.78, 5) is 15.2. The summed E-state index contributed by atoms with van der Waals surface area (Å²) in [5.41, 5.74) is 1.68. The zero-order valence-corrected chi connectivity index (χ0v) is 10.8. The Balaban J connectivity index is 1.96. The van der Waals surface area contributed by atoms with Crippen molar-refractivity contribution in [3.05, 3.63) is 57.7 Å². The third kappa shape index (κ3) is 3.34. The maximum absolute atomic E-state index is 11.5. The Labute approximate surface area is 110 Å². The number of hydrogen-bond acceptors (Lipinski definition) is 3. The van der Waals surface area contributed by atoms with Crippen LogP contribution in [0.5, 0.6) is 0 Å². The van der Waals surface area contributed by atoms with E-state index in [4.69, 9.17) is 11.6 Å². The predicted octanol–water partition coefficient (Wildman–Crippen LogP) is 2.32. The number of anilines is 1. The van der Waals surface area contributed by atoms with Crippen molar-refractivity contribution >= 4 is 17.3 Å². The first kappa shape index (κ1) is 12.6. The van der Waals surface area contributed by atoms with E-state index in [0.29, 0.717) is 18.1 Å². The molecule has 0 saturated heterocycles. The molecule has 0 atom stereocenters. The van der Waals surface area contributed by atoms with Crippen LogP contribution in [-0.2, 0) is 6.54 Å². The minimum Gasteiger partial charge on any atom is -0.383 e. The van der Waals surface area contributed by atoms with Crippen molar-refractivity contribution in [1.29, 1.82) is 0 Å². The first-order chi connectivity index (χ1) is 8.65. The molecule has 0 bridgehead atoms. The van der Waals surface area contributed by atoms with Crippen LogP contribution >= 0.6 is 11.6 Å². The van der Waals surface area contributed by atoms with Crippen LogP contribution in [0.2, 0.25) is 5.02 Å². The molecular formula is C13H14ClN3O. The summed E-state index contributed by atoms with van der Waals surface area (Å²) in [5, 5.41) is 3.90. The van der Waals surface area contributed by atoms with Gasteiger partial charge < -0.3 is 5.32 Å². The molecule has 4 nitrogen and oxygen atoms in total. The number of nitrogens with one attached hydrogen (secondary N) is 1. The molecule has 0 aliphatic rings. The third-order valence-corrected chi connectivity index (χ3v) is 2.73. The zero-order valence-electron chi connectivity index (χ0n) is 10.1. The highest BCUT2D eigenvalue weighted by Gasteiger charge is 1.98. The summed E-state index contributed by atoms with van der Waals surface area (Å²) in [5.74, 6) is 0. The number of hydrogen-bond donors (Lipinski definition) is 1. The second-order valence-electron chi connectivity index (χ2n) is 4.04. The van der Waals surface area contributed by atoms with E-state index in [1.807, 2.05) is 31.2 Å². The van der Waals surface area contributed by atoms with Gasteiger partial charge in [0.15, 0.2) is 0 Å². The van der Waals surface area contributed by atoms with Gasteiger partial charge in [0.05, 0.1) is 0 Å². The Hall–Kier alpha value is -1.81. The minimum atomic E-state index is -0.228. The summed E-state index contributed by atoms with van der Waals surface area (Å²) >= 11 is 5.88. The van der Waals surface area contributed by atoms with Gasteiger partial charge in [-0.3, -0.25) is 4.57 Å². The molecule has 0 amide bonds. The van der Waals surface area contributed by atoms with E-state index in [9.17, 15) is 4.79 Å². The molecule has 94 valence electrons. The number of aromatic nitrogens is 2. The third-order valence-electron chi connectivity index (χ3n) is 2.49. The van der Waals surface area contributed by atoms with Crippen molar-refractivity contribution in [3.8, 4) is 0 Å². The minimum absolute atomic E-state index is 0.228. The summed E-state index contributed by atoms with van der Waals surface area (Å²) in [6.45, 7) is 3.12. The molecule has 1 heterocycles. The lowest BCUT2D eigenvalue weighted by molar-refractivity contribution is 0.669. The summed E-state index contributed by atoms with van der Waals surface area (Å²) in [6, 6.07) is 7.48. The average molecular weight is 264 g/mol. The molecule has 0 radical (unpaired) electrons. The van der Waals surface area contributed by atoms with Crippen molar-refractivity contribution < 1.29 is 0 Å². The first-order valence-corrected chi connectivity index (χ1v) is 6.05. The van der Waals surface area contributed by atoms with Crippen molar-refractivity contribution in [2.24, 2.45) is 0 Å². The Bertz CT molecular complexity index is 595. The van der Waals surface area contributed by atoms with Crippen molar-refractivity contribution in [2.75, 3.05) is 11.9 Å². The van der Waals surface area contributed by atoms with Crippen LogP contribution in [0, 0.1) is 6.92 Å². The fourth-order valence-electron chi connectivity index (χ4n) is 1.64. The number of benzene rings is 1. The summed E-state index contributed by atoms with van der Waals surface area (Å²) in [6.07, 6.45) is 3.37. The number of aryl methyl sites for hydroxylation is 1. The van der Waals surface area contributed by atoms with E-state index in [1.165, 1.54) is 0 Å². The average Bonchev–Trinajstić information content (AvgIpc) is 2.34. The van der Waals surface area contributed by atoms with Crippen LogP contribution in [0.3, 0.4) is 0 Å². The monoisotopic (exact) mass is 263 g/mol. The molecular weight excluding hydrogens is 250 g/mol. The van der Waals surface area contributed by atoms with Crippen molar-refractivity contribution in [3.63, 3.8) is 0 Å². The predicted molar refractivity (Wildman–Crippen MR) is 73.2 cm³/mol. The van der Waals surface area contributed by atoms with Crippen LogP contribution in [-0.4, -0.2) is 16.1 Å². The number of nitrogens with zero attached hydrogens (tertiary/aromatic N) is 2. The van der Waals surface area contributed by atoms with Crippen LogP contribution < -0.4 is 11.0 Å². The van der Waals surface area contributed by atoms with E-state index in [-0.39, 0.29) is 5.69 Å². The van der Waals surface area contributed by atoms with E-state index in [2.05, 4.69) is 10.3 Å². The Morgan fingerprint density at radius 3 is 3.06 bits per heavy atom. The van der Waals surface area contributed by atoms with Crippen LogP contribution in [0.15, 0.2) is 41.5 Å². The second kappa shape index (κ2) is 5.69. The molecule has 0 aliphatic heterocycles.